The number of ether oxygens (including phenoxy) is 1. The largest absolute Gasteiger partial charge is 0.479 e. The number of halogens is 1. The number of aliphatic carboxylic acids is 1. The maximum atomic E-state index is 13.9. The molecule has 9 amide bonds. The molecule has 0 saturated carbocycles. The van der Waals surface area contributed by atoms with Gasteiger partial charge < -0.3 is 99.8 Å². The molecule has 1 heterocycles. The summed E-state index contributed by atoms with van der Waals surface area (Å²) < 4.78 is 5.24. The first-order valence-electron chi connectivity index (χ1n) is 25.9. The number of rotatable bonds is 25. The van der Waals surface area contributed by atoms with Gasteiger partial charge >= 0.3 is 11.9 Å². The molecule has 1 aliphatic heterocycles. The van der Waals surface area contributed by atoms with Crippen molar-refractivity contribution in [3.63, 3.8) is 0 Å². The molecule has 0 radical (unpaired) electrons. The second kappa shape index (κ2) is 37.9. The topological polar surface area (TPSA) is 499 Å². The summed E-state index contributed by atoms with van der Waals surface area (Å²) in [5.41, 5.74) is 11.4. The number of carbonyl (C=O) groups excluding carboxylic acids is 10. The molecule has 0 unspecified atom stereocenters. The molecule has 1 aliphatic rings. The fourth-order valence-electron chi connectivity index (χ4n) is 7.67. The Morgan fingerprint density at radius 1 is 0.628 bits per heavy atom. The van der Waals surface area contributed by atoms with E-state index in [4.69, 9.17) is 27.8 Å². The lowest BCUT2D eigenvalue weighted by Crippen LogP contribution is -2.65. The number of carboxylic acid groups (broad SMARTS) is 1. The molecular weight excluding hydrogens is 1060 g/mol. The van der Waals surface area contributed by atoms with Crippen molar-refractivity contribution in [2.75, 3.05) is 38.7 Å². The zero-order chi connectivity index (χ0) is 59.1. The SMILES string of the molecule is CCCCCCCCCCC[C@@H](O)CC(=O)N[C@H]1COC(=O)[C@H]([C@@H](O)CCl)NC(=O)[C@@H]([C@H](O)C(=O)O)NC(=O)[C@@H]([C@H](C)O)NC(=O)[C@H]([C@@H](C)O)NC(=O)[C@H](CCN)NC(=O)[C@@H](CCO)NC(=O)CNC(=O)[C@@H](CCN)NC1=O. The lowest BCUT2D eigenvalue weighted by Gasteiger charge is -2.30. The molecule has 446 valence electrons. The summed E-state index contributed by atoms with van der Waals surface area (Å²) in [6.07, 6.45) is -2.51. The van der Waals surface area contributed by atoms with E-state index in [-0.39, 0.29) is 32.4 Å². The molecule has 13 atom stereocenters. The standard InChI is InChI=1S/C47H82ClN11O19/c1-4-5-6-7-8-9-10-11-12-13-26(63)20-32(65)53-30-23-78-47(77)36(31(64)21-48)58-45(74)37(38(67)46(75)76)59-44(73)35(25(3)62)57-43(72)34(24(2)61)56-41(70)28(15-18-50)55-40(69)29(16-19-60)52-33(66)22-51-39(68)27(14-17-49)54-42(30)71/h24-31,34-38,60-64,67H,4-23,49-50H2,1-3H3,(H,51,68)(H,52,66)(H,53,65)(H,54,71)(H,55,69)(H,56,70)(H,57,72)(H,58,74)(H,59,73)(H,75,76)/t24-,25+,26-,27-,28+,29-,30+,31+,34+,35-,36+,37-,38+/m1/s1. The molecule has 78 heavy (non-hydrogen) atoms. The summed E-state index contributed by atoms with van der Waals surface area (Å²) in [6.45, 7) is 0.807. The van der Waals surface area contributed by atoms with Crippen LogP contribution in [0.2, 0.25) is 0 Å². The number of hydrogen-bond donors (Lipinski definition) is 18. The molecule has 31 heteroatoms. The molecule has 0 aromatic heterocycles. The van der Waals surface area contributed by atoms with Gasteiger partial charge in [0.05, 0.1) is 43.3 Å². The highest BCUT2D eigenvalue weighted by Gasteiger charge is 2.42. The summed E-state index contributed by atoms with van der Waals surface area (Å²) in [5.74, 6) is -15.9. The average molecular weight is 1140 g/mol. The van der Waals surface area contributed by atoms with E-state index in [0.717, 1.165) is 65.2 Å². The Kier molecular flexibility index (Phi) is 34.1. The summed E-state index contributed by atoms with van der Waals surface area (Å²) in [4.78, 5) is 148. The van der Waals surface area contributed by atoms with Gasteiger partial charge in [0.15, 0.2) is 12.1 Å². The lowest BCUT2D eigenvalue weighted by molar-refractivity contribution is -0.155. The third-order valence-corrected chi connectivity index (χ3v) is 12.5. The van der Waals surface area contributed by atoms with Crippen LogP contribution < -0.4 is 59.3 Å². The van der Waals surface area contributed by atoms with Crippen LogP contribution in [0.3, 0.4) is 0 Å². The molecule has 30 nitrogen and oxygen atoms in total. The number of nitrogens with two attached hydrogens (primary N) is 2. The molecule has 0 aromatic carbocycles. The predicted octanol–water partition coefficient (Wildman–Crippen LogP) is -6.90. The number of esters is 1. The molecular formula is C47H82ClN11O19. The van der Waals surface area contributed by atoms with Gasteiger partial charge in [0, 0.05) is 6.61 Å². The second-order valence-electron chi connectivity index (χ2n) is 18.8. The van der Waals surface area contributed by atoms with Gasteiger partial charge in [0.1, 0.15) is 48.9 Å². The quantitative estimate of drug-likeness (QED) is 0.0229. The third-order valence-electron chi connectivity index (χ3n) is 12.1. The first kappa shape index (κ1) is 70.2. The number of cyclic esters (lactones) is 1. The summed E-state index contributed by atoms with van der Waals surface area (Å²) in [7, 11) is 0. The van der Waals surface area contributed by atoms with Crippen LogP contribution in [0.5, 0.6) is 0 Å². The van der Waals surface area contributed by atoms with E-state index >= 15 is 0 Å². The number of unbranched alkanes of at least 4 members (excludes halogenated alkanes) is 8. The van der Waals surface area contributed by atoms with Gasteiger partial charge in [-0.3, -0.25) is 43.2 Å². The number of amides is 9. The Morgan fingerprint density at radius 2 is 1.09 bits per heavy atom. The minimum absolute atomic E-state index is 0.201. The fraction of sp³-hybridized carbons (Fsp3) is 0.766. The number of hydrogen-bond acceptors (Lipinski definition) is 20. The monoisotopic (exact) mass is 1140 g/mol. The average Bonchev–Trinajstić information content (AvgIpc) is 3.38. The van der Waals surface area contributed by atoms with Gasteiger partial charge in [-0.05, 0) is 52.6 Å². The predicted molar refractivity (Wildman–Crippen MR) is 275 cm³/mol. The molecule has 1 saturated heterocycles. The highest BCUT2D eigenvalue weighted by Crippen LogP contribution is 2.13. The van der Waals surface area contributed by atoms with Gasteiger partial charge in [0.2, 0.25) is 53.2 Å². The van der Waals surface area contributed by atoms with E-state index in [1.165, 1.54) is 0 Å². The molecule has 0 aromatic rings. The van der Waals surface area contributed by atoms with Crippen LogP contribution >= 0.6 is 11.6 Å². The van der Waals surface area contributed by atoms with E-state index < -0.39 is 182 Å². The van der Waals surface area contributed by atoms with Crippen molar-refractivity contribution in [3.8, 4) is 0 Å². The number of aliphatic hydroxyl groups excluding tert-OH is 6. The van der Waals surface area contributed by atoms with Crippen molar-refractivity contribution in [1.29, 1.82) is 0 Å². The van der Waals surface area contributed by atoms with Crippen LogP contribution in [0.4, 0.5) is 0 Å². The first-order chi connectivity index (χ1) is 36.9. The number of nitrogens with one attached hydrogen (secondary N) is 9. The first-order valence-corrected chi connectivity index (χ1v) is 26.5. The lowest BCUT2D eigenvalue weighted by atomic mass is 10.0. The zero-order valence-electron chi connectivity index (χ0n) is 44.2. The Labute approximate surface area is 456 Å². The van der Waals surface area contributed by atoms with Crippen LogP contribution in [0.1, 0.15) is 111 Å². The smallest absolute Gasteiger partial charge is 0.335 e. The van der Waals surface area contributed by atoms with Crippen LogP contribution in [0, 0.1) is 0 Å². The van der Waals surface area contributed by atoms with Crippen LogP contribution in [0.15, 0.2) is 0 Å². The van der Waals surface area contributed by atoms with Gasteiger partial charge in [0.25, 0.3) is 0 Å². The number of aliphatic hydroxyl groups is 6. The normalized spacial score (nSPS) is 25.3. The van der Waals surface area contributed by atoms with E-state index in [0.29, 0.717) is 6.42 Å². The van der Waals surface area contributed by atoms with E-state index in [1.807, 2.05) is 16.0 Å². The fourth-order valence-corrected chi connectivity index (χ4v) is 7.85. The van der Waals surface area contributed by atoms with Crippen molar-refractivity contribution in [2.45, 2.75) is 190 Å². The number of carboxylic acids is 1. The van der Waals surface area contributed by atoms with Crippen LogP contribution in [-0.4, -0.2) is 218 Å². The molecule has 0 spiro atoms. The van der Waals surface area contributed by atoms with Crippen LogP contribution in [0.25, 0.3) is 0 Å². The molecule has 0 aliphatic carbocycles. The minimum atomic E-state index is -2.87. The highest BCUT2D eigenvalue weighted by atomic mass is 35.5. The summed E-state index contributed by atoms with van der Waals surface area (Å²) in [5, 5.41) is 92.0. The van der Waals surface area contributed by atoms with E-state index in [2.05, 4.69) is 38.8 Å². The maximum absolute atomic E-state index is 13.9. The maximum Gasteiger partial charge on any atom is 0.335 e. The van der Waals surface area contributed by atoms with Gasteiger partial charge in [-0.25, -0.2) is 9.59 Å². The van der Waals surface area contributed by atoms with Gasteiger partial charge in [-0.15, -0.1) is 11.6 Å². The van der Waals surface area contributed by atoms with Crippen molar-refractivity contribution in [2.24, 2.45) is 11.5 Å². The highest BCUT2D eigenvalue weighted by molar-refractivity contribution is 6.18. The second-order valence-corrected chi connectivity index (χ2v) is 19.1. The van der Waals surface area contributed by atoms with Crippen molar-refractivity contribution in [3.05, 3.63) is 0 Å². The Morgan fingerprint density at radius 3 is 1.60 bits per heavy atom. The number of alkyl halides is 1. The van der Waals surface area contributed by atoms with Crippen molar-refractivity contribution < 1.29 is 93.2 Å². The Hall–Kier alpha value is -5.86. The van der Waals surface area contributed by atoms with Crippen LogP contribution in [-0.2, 0) is 57.5 Å². The van der Waals surface area contributed by atoms with Gasteiger partial charge in [-0.2, -0.15) is 0 Å². The van der Waals surface area contributed by atoms with E-state index in [1.54, 1.807) is 0 Å². The van der Waals surface area contributed by atoms with Gasteiger partial charge in [-0.1, -0.05) is 64.7 Å². The molecule has 1 fully saturated rings. The van der Waals surface area contributed by atoms with E-state index in [9.17, 15) is 88.5 Å². The summed E-state index contributed by atoms with van der Waals surface area (Å²) in [6, 6.07) is -15.8. The Balaban J connectivity index is 3.82. The van der Waals surface area contributed by atoms with Crippen molar-refractivity contribution in [1.82, 2.24) is 47.9 Å². The molecule has 20 N–H and O–H groups in total. The third kappa shape index (κ3) is 25.7. The zero-order valence-corrected chi connectivity index (χ0v) is 45.0. The Bertz CT molecular complexity index is 1970. The van der Waals surface area contributed by atoms with Crippen molar-refractivity contribution >= 4 is 76.7 Å². The molecule has 0 bridgehead atoms. The number of carbonyl (C=O) groups is 11. The summed E-state index contributed by atoms with van der Waals surface area (Å²) >= 11 is 5.83. The minimum Gasteiger partial charge on any atom is -0.479 e. The molecule has 1 rings (SSSR count).